The molecule has 0 N–H and O–H groups in total. The van der Waals surface area contributed by atoms with Gasteiger partial charge < -0.3 is 14.4 Å². The van der Waals surface area contributed by atoms with Crippen LogP contribution in [0.2, 0.25) is 0 Å². The van der Waals surface area contributed by atoms with Gasteiger partial charge in [-0.15, -0.1) is 0 Å². The Kier molecular flexibility index (Phi) is 5.86. The van der Waals surface area contributed by atoms with E-state index in [2.05, 4.69) is 46.8 Å². The molecule has 5 heteroatoms. The molecule has 23 heavy (non-hydrogen) atoms. The molecule has 2 aliphatic heterocycles. The van der Waals surface area contributed by atoms with Gasteiger partial charge in [0.25, 0.3) is 0 Å². The van der Waals surface area contributed by atoms with Gasteiger partial charge in [-0.1, -0.05) is 6.07 Å². The van der Waals surface area contributed by atoms with Gasteiger partial charge in [0.2, 0.25) is 0 Å². The number of aromatic nitrogens is 1. The van der Waals surface area contributed by atoms with Crippen molar-refractivity contribution in [3.05, 3.63) is 23.9 Å². The van der Waals surface area contributed by atoms with Gasteiger partial charge in [-0.05, 0) is 38.8 Å². The van der Waals surface area contributed by atoms with Gasteiger partial charge in [-0.25, -0.2) is 4.98 Å². The minimum absolute atomic E-state index is 0.330. The monoisotopic (exact) mass is 319 g/mol. The molecular weight excluding hydrogens is 290 g/mol. The summed E-state index contributed by atoms with van der Waals surface area (Å²) in [7, 11) is 0. The summed E-state index contributed by atoms with van der Waals surface area (Å²) in [5.74, 6) is 1.10. The van der Waals surface area contributed by atoms with Crippen LogP contribution in [-0.2, 0) is 9.47 Å². The Morgan fingerprint density at radius 1 is 1.35 bits per heavy atom. The van der Waals surface area contributed by atoms with E-state index in [4.69, 9.17) is 9.47 Å². The molecule has 0 bridgehead atoms. The largest absolute Gasteiger partial charge is 0.377 e. The summed E-state index contributed by atoms with van der Waals surface area (Å²) in [6.07, 6.45) is 2.66. The fraction of sp³-hybridized carbons (Fsp3) is 0.722. The fourth-order valence-electron chi connectivity index (χ4n) is 3.41. The Morgan fingerprint density at radius 3 is 3.00 bits per heavy atom. The molecule has 2 atom stereocenters. The first kappa shape index (κ1) is 16.7. The topological polar surface area (TPSA) is 37.8 Å². The predicted octanol–water partition coefficient (Wildman–Crippen LogP) is 2.10. The second-order valence-electron chi connectivity index (χ2n) is 6.68. The highest BCUT2D eigenvalue weighted by molar-refractivity contribution is 5.40. The lowest BCUT2D eigenvalue weighted by molar-refractivity contribution is 0.00680. The van der Waals surface area contributed by atoms with E-state index in [-0.39, 0.29) is 0 Å². The molecule has 0 amide bonds. The third-order valence-electron chi connectivity index (χ3n) is 4.81. The van der Waals surface area contributed by atoms with Crippen molar-refractivity contribution >= 4 is 5.82 Å². The van der Waals surface area contributed by atoms with Crippen LogP contribution in [0.1, 0.15) is 25.5 Å². The average Bonchev–Trinajstić information content (AvgIpc) is 3.06. The maximum absolute atomic E-state index is 5.80. The summed E-state index contributed by atoms with van der Waals surface area (Å²) in [4.78, 5) is 9.55. The second kappa shape index (κ2) is 8.08. The lowest BCUT2D eigenvalue weighted by Crippen LogP contribution is -2.53. The van der Waals surface area contributed by atoms with Gasteiger partial charge in [0.05, 0.1) is 19.3 Å². The van der Waals surface area contributed by atoms with Crippen molar-refractivity contribution in [1.29, 1.82) is 0 Å². The van der Waals surface area contributed by atoms with E-state index in [1.54, 1.807) is 0 Å². The molecule has 5 nitrogen and oxygen atoms in total. The Labute approximate surface area is 139 Å². The van der Waals surface area contributed by atoms with Crippen LogP contribution < -0.4 is 4.90 Å². The normalized spacial score (nSPS) is 25.9. The number of piperazine rings is 1. The molecule has 128 valence electrons. The first-order valence-corrected chi connectivity index (χ1v) is 8.84. The Morgan fingerprint density at radius 2 is 2.26 bits per heavy atom. The second-order valence-corrected chi connectivity index (χ2v) is 6.68. The molecule has 2 saturated heterocycles. The first-order valence-electron chi connectivity index (χ1n) is 8.84. The third kappa shape index (κ3) is 4.66. The molecule has 2 aliphatic rings. The Balaban J connectivity index is 1.40. The van der Waals surface area contributed by atoms with Crippen molar-refractivity contribution in [3.63, 3.8) is 0 Å². The number of aryl methyl sites for hydroxylation is 1. The molecule has 3 heterocycles. The lowest BCUT2D eigenvalue weighted by Gasteiger charge is -2.40. The summed E-state index contributed by atoms with van der Waals surface area (Å²) in [6, 6.07) is 6.78. The number of rotatable bonds is 6. The minimum atomic E-state index is 0.330. The van der Waals surface area contributed by atoms with Gasteiger partial charge in [0.15, 0.2) is 0 Å². The molecule has 0 aromatic carbocycles. The average molecular weight is 319 g/mol. The number of pyridine rings is 1. The zero-order chi connectivity index (χ0) is 16.1. The van der Waals surface area contributed by atoms with Crippen molar-refractivity contribution in [3.8, 4) is 0 Å². The van der Waals surface area contributed by atoms with Gasteiger partial charge in [-0.2, -0.15) is 0 Å². The van der Waals surface area contributed by atoms with Crippen molar-refractivity contribution in [1.82, 2.24) is 9.88 Å². The van der Waals surface area contributed by atoms with Crippen LogP contribution in [-0.4, -0.2) is 68.0 Å². The van der Waals surface area contributed by atoms with E-state index < -0.39 is 0 Å². The number of hydrogen-bond acceptors (Lipinski definition) is 5. The SMILES string of the molecule is Cc1cccc(N2CCN(CCOC[C@H]3CCCO3)[C@@H](C)C2)n1. The van der Waals surface area contributed by atoms with Crippen LogP contribution in [0, 0.1) is 6.92 Å². The van der Waals surface area contributed by atoms with E-state index >= 15 is 0 Å². The van der Waals surface area contributed by atoms with Crippen molar-refractivity contribution in [2.75, 3.05) is 50.9 Å². The minimum Gasteiger partial charge on any atom is -0.377 e. The Bertz CT molecular complexity index is 491. The van der Waals surface area contributed by atoms with Crippen LogP contribution >= 0.6 is 0 Å². The van der Waals surface area contributed by atoms with E-state index in [9.17, 15) is 0 Å². The van der Waals surface area contributed by atoms with Crippen molar-refractivity contribution in [2.45, 2.75) is 38.8 Å². The maximum atomic E-state index is 5.80. The van der Waals surface area contributed by atoms with Gasteiger partial charge in [0, 0.05) is 44.5 Å². The Hall–Kier alpha value is -1.17. The molecule has 0 unspecified atom stereocenters. The first-order chi connectivity index (χ1) is 11.2. The number of anilines is 1. The van der Waals surface area contributed by atoms with Crippen LogP contribution in [0.5, 0.6) is 0 Å². The number of nitrogens with zero attached hydrogens (tertiary/aromatic N) is 3. The highest BCUT2D eigenvalue weighted by atomic mass is 16.5. The zero-order valence-electron chi connectivity index (χ0n) is 14.4. The standard InChI is InChI=1S/C18H29N3O2/c1-15-5-3-7-18(19-15)21-9-8-20(16(2)13-21)10-12-22-14-17-6-4-11-23-17/h3,5,7,16-17H,4,6,8-14H2,1-2H3/t16-,17+/m0/s1. The van der Waals surface area contributed by atoms with Crippen LogP contribution in [0.4, 0.5) is 5.82 Å². The molecule has 1 aromatic heterocycles. The zero-order valence-corrected chi connectivity index (χ0v) is 14.4. The molecule has 0 aliphatic carbocycles. The maximum Gasteiger partial charge on any atom is 0.128 e. The van der Waals surface area contributed by atoms with Crippen molar-refractivity contribution in [2.24, 2.45) is 0 Å². The fourth-order valence-corrected chi connectivity index (χ4v) is 3.41. The highest BCUT2D eigenvalue weighted by Crippen LogP contribution is 2.17. The number of ether oxygens (including phenoxy) is 2. The molecule has 1 aromatic rings. The summed E-state index contributed by atoms with van der Waals surface area (Å²) in [5, 5.41) is 0. The highest BCUT2D eigenvalue weighted by Gasteiger charge is 2.24. The molecule has 3 rings (SSSR count). The van der Waals surface area contributed by atoms with E-state index in [0.717, 1.165) is 63.9 Å². The lowest BCUT2D eigenvalue weighted by atomic mass is 10.2. The van der Waals surface area contributed by atoms with Gasteiger partial charge >= 0.3 is 0 Å². The molecule has 0 radical (unpaired) electrons. The number of hydrogen-bond donors (Lipinski definition) is 0. The molecule has 0 spiro atoms. The third-order valence-corrected chi connectivity index (χ3v) is 4.81. The summed E-state index contributed by atoms with van der Waals surface area (Å²) in [5.41, 5.74) is 1.08. The van der Waals surface area contributed by atoms with E-state index in [1.165, 1.54) is 6.42 Å². The van der Waals surface area contributed by atoms with Gasteiger partial charge in [0.1, 0.15) is 5.82 Å². The smallest absolute Gasteiger partial charge is 0.128 e. The summed E-state index contributed by atoms with van der Waals surface area (Å²) >= 11 is 0. The van der Waals surface area contributed by atoms with Crippen LogP contribution in [0.25, 0.3) is 0 Å². The van der Waals surface area contributed by atoms with Crippen LogP contribution in [0.15, 0.2) is 18.2 Å². The quantitative estimate of drug-likeness (QED) is 0.751. The molecule has 0 saturated carbocycles. The van der Waals surface area contributed by atoms with Gasteiger partial charge in [-0.3, -0.25) is 4.90 Å². The molecular formula is C18H29N3O2. The van der Waals surface area contributed by atoms with E-state index in [1.807, 2.05) is 0 Å². The predicted molar refractivity (Wildman–Crippen MR) is 92.0 cm³/mol. The summed E-state index contributed by atoms with van der Waals surface area (Å²) < 4.78 is 11.4. The van der Waals surface area contributed by atoms with E-state index in [0.29, 0.717) is 12.1 Å². The van der Waals surface area contributed by atoms with Crippen LogP contribution in [0.3, 0.4) is 0 Å². The van der Waals surface area contributed by atoms with Crippen molar-refractivity contribution < 1.29 is 9.47 Å². The summed E-state index contributed by atoms with van der Waals surface area (Å²) in [6.45, 7) is 10.9. The molecule has 2 fully saturated rings.